The summed E-state index contributed by atoms with van der Waals surface area (Å²) in [5.41, 5.74) is 9.59. The maximum Gasteiger partial charge on any atom is 0.107 e. The third-order valence-corrected chi connectivity index (χ3v) is 5.04. The number of nitrogens with one attached hydrogen (secondary N) is 1. The van der Waals surface area contributed by atoms with Gasteiger partial charge in [-0.25, -0.2) is 0 Å². The van der Waals surface area contributed by atoms with Crippen molar-refractivity contribution < 1.29 is 0 Å². The van der Waals surface area contributed by atoms with E-state index in [4.69, 9.17) is 18.0 Å². The van der Waals surface area contributed by atoms with Crippen molar-refractivity contribution in [3.05, 3.63) is 23.0 Å². The number of hydrogen-bond donors (Lipinski definition) is 2. The predicted octanol–water partition coefficient (Wildman–Crippen LogP) is 2.64. The number of thioether (sulfide) groups is 1. The second-order valence-electron chi connectivity index (χ2n) is 4.88. The van der Waals surface area contributed by atoms with Gasteiger partial charge in [0.2, 0.25) is 0 Å². The van der Waals surface area contributed by atoms with E-state index in [0.29, 0.717) is 9.74 Å². The van der Waals surface area contributed by atoms with Crippen molar-refractivity contribution in [1.29, 1.82) is 0 Å². The van der Waals surface area contributed by atoms with Crippen LogP contribution in [0, 0.1) is 13.8 Å². The van der Waals surface area contributed by atoms with Crippen molar-refractivity contribution in [3.63, 3.8) is 0 Å². The van der Waals surface area contributed by atoms with Gasteiger partial charge in [0.1, 0.15) is 4.99 Å². The number of thiocarbonyl (C=S) groups is 1. The van der Waals surface area contributed by atoms with Gasteiger partial charge in [0.25, 0.3) is 0 Å². The van der Waals surface area contributed by atoms with Crippen molar-refractivity contribution in [2.75, 3.05) is 18.1 Å². The van der Waals surface area contributed by atoms with Gasteiger partial charge in [0.05, 0.1) is 5.56 Å². The van der Waals surface area contributed by atoms with Gasteiger partial charge < -0.3 is 11.1 Å². The molecule has 1 aromatic heterocycles. The van der Waals surface area contributed by atoms with Crippen LogP contribution in [0.2, 0.25) is 0 Å². The van der Waals surface area contributed by atoms with E-state index in [1.54, 1.807) is 0 Å². The monoisotopic (exact) mass is 281 g/mol. The third-order valence-electron chi connectivity index (χ3n) is 3.42. The molecule has 0 unspecified atom stereocenters. The van der Waals surface area contributed by atoms with Crippen molar-refractivity contribution in [2.24, 2.45) is 5.73 Å². The highest BCUT2D eigenvalue weighted by molar-refractivity contribution is 8.00. The number of aryl methyl sites for hydroxylation is 2. The minimum absolute atomic E-state index is 0.413. The van der Waals surface area contributed by atoms with Gasteiger partial charge in [0.15, 0.2) is 0 Å². The van der Waals surface area contributed by atoms with Crippen LogP contribution in [-0.2, 0) is 0 Å². The second kappa shape index (κ2) is 5.05. The molecule has 1 saturated carbocycles. The highest BCUT2D eigenvalue weighted by atomic mass is 32.2. The summed E-state index contributed by atoms with van der Waals surface area (Å²) in [7, 11) is 0. The molecule has 0 radical (unpaired) electrons. The highest BCUT2D eigenvalue weighted by Crippen LogP contribution is 2.47. The predicted molar refractivity (Wildman–Crippen MR) is 83.6 cm³/mol. The maximum atomic E-state index is 5.80. The Labute approximate surface area is 118 Å². The fourth-order valence-electron chi connectivity index (χ4n) is 2.13. The topological polar surface area (TPSA) is 50.9 Å². The van der Waals surface area contributed by atoms with Gasteiger partial charge in [-0.2, -0.15) is 11.8 Å². The van der Waals surface area contributed by atoms with Gasteiger partial charge in [-0.3, -0.25) is 4.98 Å². The van der Waals surface area contributed by atoms with E-state index in [9.17, 15) is 0 Å². The fraction of sp³-hybridized carbons (Fsp3) is 0.538. The summed E-state index contributed by atoms with van der Waals surface area (Å²) in [6.45, 7) is 4.91. The quantitative estimate of drug-likeness (QED) is 0.813. The van der Waals surface area contributed by atoms with Crippen molar-refractivity contribution in [1.82, 2.24) is 4.98 Å². The van der Waals surface area contributed by atoms with Gasteiger partial charge in [-0.05, 0) is 39.0 Å². The number of nitrogens with zero attached hydrogens (tertiary/aromatic N) is 1. The Hall–Kier alpha value is -0.810. The summed E-state index contributed by atoms with van der Waals surface area (Å²) >= 11 is 7.06. The second-order valence-corrected chi connectivity index (χ2v) is 6.59. The van der Waals surface area contributed by atoms with Crippen LogP contribution in [0.5, 0.6) is 0 Å². The van der Waals surface area contributed by atoms with Gasteiger partial charge in [-0.15, -0.1) is 0 Å². The first-order valence-corrected chi connectivity index (χ1v) is 7.68. The zero-order valence-corrected chi connectivity index (χ0v) is 12.7. The van der Waals surface area contributed by atoms with E-state index < -0.39 is 0 Å². The summed E-state index contributed by atoms with van der Waals surface area (Å²) in [4.78, 5) is 4.84. The Kier molecular flexibility index (Phi) is 3.82. The standard InChI is InChI=1S/C13H19N3S2/c1-8-6-10(11(12(14)17)9(2)16-8)15-7-13(18-3)4-5-13/h6H,4-5,7H2,1-3H3,(H2,14,17)(H,15,16). The van der Waals surface area contributed by atoms with Crippen molar-refractivity contribution in [3.8, 4) is 0 Å². The average Bonchev–Trinajstić information content (AvgIpc) is 3.05. The Balaban J connectivity index is 2.23. The SMILES string of the molecule is CSC1(CNc2cc(C)nc(C)c2C(N)=S)CC1. The summed E-state index contributed by atoms with van der Waals surface area (Å²) in [5.74, 6) is 0. The molecule has 0 saturated heterocycles. The molecule has 0 atom stereocenters. The molecule has 3 N–H and O–H groups in total. The Morgan fingerprint density at radius 1 is 1.56 bits per heavy atom. The van der Waals surface area contributed by atoms with Gasteiger partial charge in [0, 0.05) is 28.4 Å². The summed E-state index contributed by atoms with van der Waals surface area (Å²) in [6.07, 6.45) is 4.74. The molecule has 5 heteroatoms. The number of hydrogen-bond acceptors (Lipinski definition) is 4. The van der Waals surface area contributed by atoms with Crippen LogP contribution in [-0.4, -0.2) is 27.5 Å². The molecule has 0 spiro atoms. The minimum Gasteiger partial charge on any atom is -0.389 e. The van der Waals surface area contributed by atoms with Gasteiger partial charge in [-0.1, -0.05) is 12.2 Å². The number of anilines is 1. The van der Waals surface area contributed by atoms with Crippen LogP contribution in [0.15, 0.2) is 6.07 Å². The smallest absolute Gasteiger partial charge is 0.107 e. The first-order valence-electron chi connectivity index (χ1n) is 6.04. The number of pyridine rings is 1. The minimum atomic E-state index is 0.413. The molecule has 1 fully saturated rings. The van der Waals surface area contributed by atoms with E-state index in [-0.39, 0.29) is 0 Å². The molecule has 1 aliphatic carbocycles. The Bertz CT molecular complexity index is 481. The van der Waals surface area contributed by atoms with E-state index in [0.717, 1.165) is 29.2 Å². The summed E-state index contributed by atoms with van der Waals surface area (Å²) in [5, 5.41) is 3.50. The van der Waals surface area contributed by atoms with E-state index in [1.807, 2.05) is 31.7 Å². The lowest BCUT2D eigenvalue weighted by Gasteiger charge is -2.18. The molecule has 1 aromatic rings. The van der Waals surface area contributed by atoms with E-state index in [1.165, 1.54) is 12.8 Å². The molecule has 98 valence electrons. The first kappa shape index (κ1) is 13.6. The zero-order chi connectivity index (χ0) is 13.3. The molecule has 0 aliphatic heterocycles. The van der Waals surface area contributed by atoms with Crippen LogP contribution in [0.1, 0.15) is 29.8 Å². The molecule has 2 rings (SSSR count). The van der Waals surface area contributed by atoms with Crippen molar-refractivity contribution >= 4 is 34.7 Å². The molecule has 0 aromatic carbocycles. The normalized spacial score (nSPS) is 16.4. The fourth-order valence-corrected chi connectivity index (χ4v) is 3.11. The molecule has 3 nitrogen and oxygen atoms in total. The first-order chi connectivity index (χ1) is 8.47. The molecule has 1 aliphatic rings. The van der Waals surface area contributed by atoms with Crippen LogP contribution in [0.3, 0.4) is 0 Å². The zero-order valence-electron chi connectivity index (χ0n) is 11.0. The number of nitrogens with two attached hydrogens (primary N) is 1. The Morgan fingerprint density at radius 3 is 2.72 bits per heavy atom. The van der Waals surface area contributed by atoms with Crippen LogP contribution < -0.4 is 11.1 Å². The van der Waals surface area contributed by atoms with Crippen LogP contribution in [0.4, 0.5) is 5.69 Å². The molecular weight excluding hydrogens is 262 g/mol. The number of aromatic nitrogens is 1. The summed E-state index contributed by atoms with van der Waals surface area (Å²) < 4.78 is 0.415. The summed E-state index contributed by atoms with van der Waals surface area (Å²) in [6, 6.07) is 2.03. The number of rotatable bonds is 5. The molecule has 0 amide bonds. The molecular formula is C13H19N3S2. The lowest BCUT2D eigenvalue weighted by molar-refractivity contribution is 0.945. The Morgan fingerprint density at radius 2 is 2.22 bits per heavy atom. The lowest BCUT2D eigenvalue weighted by Crippen LogP contribution is -2.21. The largest absolute Gasteiger partial charge is 0.389 e. The third kappa shape index (κ3) is 2.78. The highest BCUT2D eigenvalue weighted by Gasteiger charge is 2.41. The molecule has 0 bridgehead atoms. The maximum absolute atomic E-state index is 5.80. The molecule has 18 heavy (non-hydrogen) atoms. The lowest BCUT2D eigenvalue weighted by atomic mass is 10.1. The molecule has 1 heterocycles. The average molecular weight is 281 g/mol. The van der Waals surface area contributed by atoms with Crippen LogP contribution >= 0.6 is 24.0 Å². The van der Waals surface area contributed by atoms with Crippen LogP contribution in [0.25, 0.3) is 0 Å². The van der Waals surface area contributed by atoms with Gasteiger partial charge >= 0.3 is 0 Å². The van der Waals surface area contributed by atoms with Crippen molar-refractivity contribution in [2.45, 2.75) is 31.4 Å². The van der Waals surface area contributed by atoms with E-state index in [2.05, 4.69) is 16.6 Å². The van der Waals surface area contributed by atoms with E-state index >= 15 is 0 Å².